The van der Waals surface area contributed by atoms with Crippen LogP contribution in [0.4, 0.5) is 5.69 Å². The highest BCUT2D eigenvalue weighted by molar-refractivity contribution is 5.91. The molecule has 1 aromatic carbocycles. The zero-order valence-electron chi connectivity index (χ0n) is 22.4. The minimum Gasteiger partial charge on any atom is -0.372 e. The first kappa shape index (κ1) is 24.5. The van der Waals surface area contributed by atoms with Gasteiger partial charge in [-0.2, -0.15) is 0 Å². The molecule has 5 aliphatic rings. The Bertz CT molecular complexity index is 1210. The Morgan fingerprint density at radius 3 is 2.54 bits per heavy atom. The Morgan fingerprint density at radius 2 is 1.81 bits per heavy atom. The molecule has 0 bridgehead atoms. The minimum absolute atomic E-state index is 0.0188. The number of nitrogens with zero attached hydrogens (tertiary/aromatic N) is 1. The normalized spacial score (nSPS) is 33.0. The summed E-state index contributed by atoms with van der Waals surface area (Å²) in [6.45, 7) is 5.84. The van der Waals surface area contributed by atoms with Crippen molar-refractivity contribution in [2.24, 2.45) is 17.8 Å². The van der Waals surface area contributed by atoms with Gasteiger partial charge in [0.1, 0.15) is 5.54 Å². The number of benzene rings is 1. The predicted octanol–water partition coefficient (Wildman–Crippen LogP) is 6.08. The van der Waals surface area contributed by atoms with E-state index in [9.17, 15) is 9.59 Å². The summed E-state index contributed by atoms with van der Waals surface area (Å²) < 4.78 is 0. The number of amides is 1. The molecule has 1 amide bonds. The van der Waals surface area contributed by atoms with E-state index in [1.807, 2.05) is 13.0 Å². The van der Waals surface area contributed by atoms with Crippen LogP contribution in [0.3, 0.4) is 0 Å². The quantitative estimate of drug-likeness (QED) is 0.407. The number of fused-ring (bicyclic) bond motifs is 4. The SMILES string of the molecule is CC#C[C@]1(NC(C)=O)CCC2C3=C(C4CCC(=O)C=C4CC3)[C@@H](c3ccc(N4CCCCC4)cc3)CC21. The Morgan fingerprint density at radius 1 is 1.03 bits per heavy atom. The number of carbonyl (C=O) groups excluding carboxylic acids is 2. The molecule has 0 spiro atoms. The fraction of sp³-hybridized carbons (Fsp3) is 0.576. The van der Waals surface area contributed by atoms with Crippen molar-refractivity contribution in [2.75, 3.05) is 18.0 Å². The Kier molecular flexibility index (Phi) is 6.51. The van der Waals surface area contributed by atoms with Gasteiger partial charge in [0.2, 0.25) is 5.91 Å². The topological polar surface area (TPSA) is 49.4 Å². The highest BCUT2D eigenvalue weighted by Crippen LogP contribution is 2.60. The van der Waals surface area contributed by atoms with E-state index >= 15 is 0 Å². The third kappa shape index (κ3) is 4.35. The lowest BCUT2D eigenvalue weighted by molar-refractivity contribution is -0.120. The molecular weight excluding hydrogens is 456 g/mol. The van der Waals surface area contributed by atoms with Crippen LogP contribution in [0, 0.1) is 29.6 Å². The van der Waals surface area contributed by atoms with Gasteiger partial charge in [-0.25, -0.2) is 0 Å². The van der Waals surface area contributed by atoms with Crippen molar-refractivity contribution in [3.63, 3.8) is 0 Å². The van der Waals surface area contributed by atoms with Gasteiger partial charge in [-0.3, -0.25) is 9.59 Å². The molecule has 5 atom stereocenters. The van der Waals surface area contributed by atoms with Crippen molar-refractivity contribution in [1.29, 1.82) is 0 Å². The van der Waals surface area contributed by atoms with Crippen LogP contribution in [0.2, 0.25) is 0 Å². The van der Waals surface area contributed by atoms with Gasteiger partial charge in [-0.15, -0.1) is 5.92 Å². The van der Waals surface area contributed by atoms with Gasteiger partial charge in [0.05, 0.1) is 0 Å². The second kappa shape index (κ2) is 9.82. The summed E-state index contributed by atoms with van der Waals surface area (Å²) in [5.74, 6) is 8.52. The van der Waals surface area contributed by atoms with E-state index in [0.29, 0.717) is 35.9 Å². The number of rotatable bonds is 3. The van der Waals surface area contributed by atoms with Crippen molar-refractivity contribution in [2.45, 2.75) is 89.5 Å². The molecule has 0 radical (unpaired) electrons. The van der Waals surface area contributed by atoms with Crippen LogP contribution in [0.5, 0.6) is 0 Å². The lowest BCUT2D eigenvalue weighted by Crippen LogP contribution is -2.52. The predicted molar refractivity (Wildman–Crippen MR) is 148 cm³/mol. The Balaban J connectivity index is 1.42. The Hall–Kier alpha value is -2.80. The van der Waals surface area contributed by atoms with Crippen LogP contribution in [-0.2, 0) is 9.59 Å². The van der Waals surface area contributed by atoms with Gasteiger partial charge in [0.25, 0.3) is 0 Å². The highest BCUT2D eigenvalue weighted by atomic mass is 16.1. The summed E-state index contributed by atoms with van der Waals surface area (Å²) >= 11 is 0. The molecule has 4 aliphatic carbocycles. The molecular formula is C33H40N2O2. The Labute approximate surface area is 222 Å². The second-order valence-electron chi connectivity index (χ2n) is 12.0. The van der Waals surface area contributed by atoms with E-state index in [0.717, 1.165) is 51.6 Å². The number of piperidine rings is 1. The van der Waals surface area contributed by atoms with Gasteiger partial charge < -0.3 is 10.2 Å². The molecule has 4 nitrogen and oxygen atoms in total. The molecule has 2 fully saturated rings. The minimum atomic E-state index is -0.436. The fourth-order valence-electron chi connectivity index (χ4n) is 8.51. The molecule has 3 unspecified atom stereocenters. The van der Waals surface area contributed by atoms with E-state index in [-0.39, 0.29) is 5.91 Å². The average Bonchev–Trinajstić information content (AvgIpc) is 3.25. The summed E-state index contributed by atoms with van der Waals surface area (Å²) in [6.07, 6.45) is 12.6. The van der Waals surface area contributed by atoms with Gasteiger partial charge in [0.15, 0.2) is 5.78 Å². The smallest absolute Gasteiger partial charge is 0.218 e. The van der Waals surface area contributed by atoms with Crippen LogP contribution in [0.25, 0.3) is 0 Å². The van der Waals surface area contributed by atoms with Crippen LogP contribution in [0.15, 0.2) is 47.1 Å². The molecule has 194 valence electrons. The fourth-order valence-corrected chi connectivity index (χ4v) is 8.51. The number of carbonyl (C=O) groups is 2. The number of anilines is 1. The maximum atomic E-state index is 12.4. The maximum absolute atomic E-state index is 12.4. The molecule has 1 saturated carbocycles. The van der Waals surface area contributed by atoms with E-state index in [4.69, 9.17) is 0 Å². The zero-order valence-corrected chi connectivity index (χ0v) is 22.4. The van der Waals surface area contributed by atoms with Gasteiger partial charge >= 0.3 is 0 Å². The summed E-state index contributed by atoms with van der Waals surface area (Å²) in [4.78, 5) is 27.2. The van der Waals surface area contributed by atoms with E-state index in [1.165, 1.54) is 36.1 Å². The summed E-state index contributed by atoms with van der Waals surface area (Å²) in [6, 6.07) is 9.40. The standard InChI is InChI=1S/C33H40N2O2/c1-3-16-33(34-22(2)36)17-15-28-29-13-9-24-20-26(37)12-14-27(24)32(29)30(21-31(28)33)23-7-10-25(11-8-23)35-18-5-4-6-19-35/h7-8,10-11,20,27-28,30-31H,4-6,9,12-15,17-19,21H2,1-2H3,(H,34,36)/t27?,28?,30-,31?,33+/m1/s1. The largest absolute Gasteiger partial charge is 0.372 e. The lowest BCUT2D eigenvalue weighted by atomic mass is 9.58. The summed E-state index contributed by atoms with van der Waals surface area (Å²) in [5.41, 5.74) is 6.89. The molecule has 1 aromatic rings. The number of nitrogens with one attached hydrogen (secondary N) is 1. The van der Waals surface area contributed by atoms with Crippen molar-refractivity contribution < 1.29 is 9.59 Å². The maximum Gasteiger partial charge on any atom is 0.218 e. The van der Waals surface area contributed by atoms with Crippen molar-refractivity contribution in [3.8, 4) is 11.8 Å². The zero-order chi connectivity index (χ0) is 25.6. The van der Waals surface area contributed by atoms with Crippen LogP contribution < -0.4 is 10.2 Å². The first-order chi connectivity index (χ1) is 18.0. The molecule has 4 heteroatoms. The van der Waals surface area contributed by atoms with Crippen LogP contribution in [-0.4, -0.2) is 30.3 Å². The third-order valence-corrected chi connectivity index (χ3v) is 9.95. The van der Waals surface area contributed by atoms with Crippen LogP contribution >= 0.6 is 0 Å². The average molecular weight is 497 g/mol. The molecule has 1 saturated heterocycles. The second-order valence-corrected chi connectivity index (χ2v) is 12.0. The van der Waals surface area contributed by atoms with Crippen molar-refractivity contribution in [1.82, 2.24) is 5.32 Å². The highest BCUT2D eigenvalue weighted by Gasteiger charge is 2.54. The molecule has 37 heavy (non-hydrogen) atoms. The molecule has 1 heterocycles. The number of hydrogen-bond donors (Lipinski definition) is 1. The van der Waals surface area contributed by atoms with Crippen LogP contribution in [0.1, 0.15) is 89.5 Å². The monoisotopic (exact) mass is 496 g/mol. The van der Waals surface area contributed by atoms with Gasteiger partial charge in [-0.1, -0.05) is 34.8 Å². The van der Waals surface area contributed by atoms with E-state index < -0.39 is 5.54 Å². The third-order valence-electron chi connectivity index (χ3n) is 9.95. The molecule has 6 rings (SSSR count). The summed E-state index contributed by atoms with van der Waals surface area (Å²) in [5, 5.41) is 3.34. The first-order valence-electron chi connectivity index (χ1n) is 14.5. The number of ketones is 1. The number of hydrogen-bond acceptors (Lipinski definition) is 3. The van der Waals surface area contributed by atoms with E-state index in [1.54, 1.807) is 18.1 Å². The molecule has 1 N–H and O–H groups in total. The van der Waals surface area contributed by atoms with E-state index in [2.05, 4.69) is 46.3 Å². The number of allylic oxidation sites excluding steroid dienone is 4. The van der Waals surface area contributed by atoms with Gasteiger partial charge in [-0.05, 0) is 94.4 Å². The van der Waals surface area contributed by atoms with Gasteiger partial charge in [0, 0.05) is 49.9 Å². The van der Waals surface area contributed by atoms with Crippen molar-refractivity contribution >= 4 is 17.4 Å². The molecule has 1 aliphatic heterocycles. The molecule has 0 aromatic heterocycles. The van der Waals surface area contributed by atoms with Crippen molar-refractivity contribution in [3.05, 3.63) is 52.6 Å². The first-order valence-corrected chi connectivity index (χ1v) is 14.5. The lowest BCUT2D eigenvalue weighted by Gasteiger charge is -2.47. The summed E-state index contributed by atoms with van der Waals surface area (Å²) in [7, 11) is 0.